The summed E-state index contributed by atoms with van der Waals surface area (Å²) in [7, 11) is 0. The number of rotatable bonds is 1. The van der Waals surface area contributed by atoms with Crippen molar-refractivity contribution in [1.29, 1.82) is 0 Å². The van der Waals surface area contributed by atoms with Gasteiger partial charge in [-0.1, -0.05) is 6.07 Å². The molecule has 18 heavy (non-hydrogen) atoms. The summed E-state index contributed by atoms with van der Waals surface area (Å²) in [5, 5.41) is 6.16. The van der Waals surface area contributed by atoms with Crippen LogP contribution in [0.4, 0.5) is 5.95 Å². The average molecular weight is 257 g/mol. The van der Waals surface area contributed by atoms with Crippen LogP contribution in [-0.2, 0) is 0 Å². The minimum atomic E-state index is 0.281. The maximum absolute atomic E-state index is 5.59. The van der Waals surface area contributed by atoms with Gasteiger partial charge in [0, 0.05) is 10.9 Å². The van der Waals surface area contributed by atoms with Crippen molar-refractivity contribution >= 4 is 33.3 Å². The maximum atomic E-state index is 5.59. The van der Waals surface area contributed by atoms with E-state index in [9.17, 15) is 0 Å². The van der Waals surface area contributed by atoms with Gasteiger partial charge in [0.1, 0.15) is 5.52 Å². The van der Waals surface area contributed by atoms with Gasteiger partial charge in [0.25, 0.3) is 0 Å². The van der Waals surface area contributed by atoms with Crippen LogP contribution in [0, 0.1) is 0 Å². The number of anilines is 1. The second kappa shape index (κ2) is 3.30. The van der Waals surface area contributed by atoms with Gasteiger partial charge in [0.2, 0.25) is 10.9 Å². The zero-order valence-electron chi connectivity index (χ0n) is 9.07. The number of nitrogens with two attached hydrogens (primary N) is 1. The summed E-state index contributed by atoms with van der Waals surface area (Å²) in [6.45, 7) is 0. The van der Waals surface area contributed by atoms with Gasteiger partial charge < -0.3 is 10.2 Å². The number of hydrogen-bond acceptors (Lipinski definition) is 6. The van der Waals surface area contributed by atoms with Crippen molar-refractivity contribution in [3.8, 4) is 11.3 Å². The Kier molecular flexibility index (Phi) is 1.76. The Labute approximate surface area is 105 Å². The lowest BCUT2D eigenvalue weighted by Crippen LogP contribution is -1.91. The molecule has 3 heterocycles. The molecule has 2 N–H and O–H groups in total. The van der Waals surface area contributed by atoms with Gasteiger partial charge >= 0.3 is 0 Å². The molecule has 7 heteroatoms. The molecule has 0 aliphatic heterocycles. The van der Waals surface area contributed by atoms with Crippen LogP contribution in [0.1, 0.15) is 0 Å². The first-order valence-electron chi connectivity index (χ1n) is 5.24. The first-order valence-corrected chi connectivity index (χ1v) is 6.12. The molecule has 0 radical (unpaired) electrons. The molecule has 1 aromatic carbocycles. The van der Waals surface area contributed by atoms with Gasteiger partial charge in [-0.25, -0.2) is 9.50 Å². The van der Waals surface area contributed by atoms with Gasteiger partial charge in [-0.05, 0) is 12.1 Å². The minimum absolute atomic E-state index is 0.281. The van der Waals surface area contributed by atoms with E-state index < -0.39 is 0 Å². The predicted octanol–water partition coefficient (Wildman–Crippen LogP) is 2.18. The lowest BCUT2D eigenvalue weighted by Gasteiger charge is -1.97. The van der Waals surface area contributed by atoms with Crippen molar-refractivity contribution in [2.45, 2.75) is 0 Å². The summed E-state index contributed by atoms with van der Waals surface area (Å²) in [5.74, 6) is 0.281. The van der Waals surface area contributed by atoms with Crippen molar-refractivity contribution in [3.63, 3.8) is 0 Å². The summed E-state index contributed by atoms with van der Waals surface area (Å²) in [5.41, 5.74) is 9.12. The molecule has 3 aromatic heterocycles. The third-order valence-electron chi connectivity index (χ3n) is 2.73. The average Bonchev–Trinajstić information content (AvgIpc) is 3.01. The fraction of sp³-hybridized carbons (Fsp3) is 0. The monoisotopic (exact) mass is 257 g/mol. The summed E-state index contributed by atoms with van der Waals surface area (Å²) in [6, 6.07) is 5.82. The van der Waals surface area contributed by atoms with E-state index in [1.807, 2.05) is 23.6 Å². The molecule has 0 amide bonds. The summed E-state index contributed by atoms with van der Waals surface area (Å²) < 4.78 is 7.03. The lowest BCUT2D eigenvalue weighted by molar-refractivity contribution is 0.602. The smallest absolute Gasteiger partial charge is 0.241 e. The molecule has 0 saturated heterocycles. The molecule has 0 aliphatic carbocycles. The van der Waals surface area contributed by atoms with Crippen LogP contribution in [-0.4, -0.2) is 19.6 Å². The van der Waals surface area contributed by atoms with Gasteiger partial charge in [0.15, 0.2) is 12.0 Å². The standard InChI is InChI=1S/C11H7N5OS/c12-10-14-11-16(15-10)8(4-18-11)6-1-2-7-9(3-6)17-5-13-7/h1-5H,(H2,12,15). The third-order valence-corrected chi connectivity index (χ3v) is 3.54. The van der Waals surface area contributed by atoms with Crippen LogP contribution in [0.5, 0.6) is 0 Å². The van der Waals surface area contributed by atoms with Crippen LogP contribution < -0.4 is 5.73 Å². The zero-order valence-corrected chi connectivity index (χ0v) is 9.89. The van der Waals surface area contributed by atoms with Crippen molar-refractivity contribution in [1.82, 2.24) is 19.6 Å². The predicted molar refractivity (Wildman–Crippen MR) is 68.3 cm³/mol. The Hall–Kier alpha value is -2.41. The van der Waals surface area contributed by atoms with Crippen LogP contribution in [0.3, 0.4) is 0 Å². The maximum Gasteiger partial charge on any atom is 0.241 e. The molecule has 0 spiro atoms. The molecule has 88 valence electrons. The third kappa shape index (κ3) is 1.25. The molecule has 0 aliphatic rings. The highest BCUT2D eigenvalue weighted by Crippen LogP contribution is 2.27. The number of benzene rings is 1. The highest BCUT2D eigenvalue weighted by molar-refractivity contribution is 7.15. The largest absolute Gasteiger partial charge is 0.443 e. The fourth-order valence-electron chi connectivity index (χ4n) is 1.91. The van der Waals surface area contributed by atoms with Crippen LogP contribution in [0.15, 0.2) is 34.4 Å². The van der Waals surface area contributed by atoms with Crippen molar-refractivity contribution in [2.75, 3.05) is 5.73 Å². The van der Waals surface area contributed by atoms with E-state index in [4.69, 9.17) is 10.2 Å². The quantitative estimate of drug-likeness (QED) is 0.565. The van der Waals surface area contributed by atoms with Crippen molar-refractivity contribution < 1.29 is 4.42 Å². The van der Waals surface area contributed by atoms with Gasteiger partial charge in [-0.2, -0.15) is 4.98 Å². The summed E-state index contributed by atoms with van der Waals surface area (Å²) in [6.07, 6.45) is 1.44. The van der Waals surface area contributed by atoms with E-state index in [-0.39, 0.29) is 5.95 Å². The lowest BCUT2D eigenvalue weighted by atomic mass is 10.1. The molecule has 0 atom stereocenters. The van der Waals surface area contributed by atoms with Crippen molar-refractivity contribution in [2.24, 2.45) is 0 Å². The molecule has 0 unspecified atom stereocenters. The number of oxazole rings is 1. The Morgan fingerprint density at radius 2 is 2.28 bits per heavy atom. The minimum Gasteiger partial charge on any atom is -0.443 e. The summed E-state index contributed by atoms with van der Waals surface area (Å²) in [4.78, 5) is 8.99. The molecular formula is C11H7N5OS. The van der Waals surface area contributed by atoms with Crippen LogP contribution in [0.2, 0.25) is 0 Å². The van der Waals surface area contributed by atoms with E-state index in [0.717, 1.165) is 27.3 Å². The van der Waals surface area contributed by atoms with E-state index in [2.05, 4.69) is 15.1 Å². The number of nitrogens with zero attached hydrogens (tertiary/aromatic N) is 4. The van der Waals surface area contributed by atoms with Gasteiger partial charge in [0.05, 0.1) is 5.69 Å². The Morgan fingerprint density at radius 1 is 1.33 bits per heavy atom. The molecule has 4 rings (SSSR count). The molecule has 4 aromatic rings. The first kappa shape index (κ1) is 9.60. The highest BCUT2D eigenvalue weighted by atomic mass is 32.1. The van der Waals surface area contributed by atoms with Gasteiger partial charge in [-0.15, -0.1) is 16.4 Å². The zero-order chi connectivity index (χ0) is 12.1. The number of fused-ring (bicyclic) bond motifs is 2. The highest BCUT2D eigenvalue weighted by Gasteiger charge is 2.11. The van der Waals surface area contributed by atoms with E-state index in [1.54, 1.807) is 4.52 Å². The summed E-state index contributed by atoms with van der Waals surface area (Å²) >= 11 is 1.50. The van der Waals surface area contributed by atoms with Gasteiger partial charge in [-0.3, -0.25) is 0 Å². The molecule has 0 bridgehead atoms. The normalized spacial score (nSPS) is 11.6. The second-order valence-corrected chi connectivity index (χ2v) is 4.66. The Balaban J connectivity index is 1.99. The molecule has 0 saturated carbocycles. The number of hydrogen-bond donors (Lipinski definition) is 1. The SMILES string of the molecule is Nc1nc2scc(-c3ccc4ncoc4c3)n2n1. The van der Waals surface area contributed by atoms with E-state index >= 15 is 0 Å². The molecular weight excluding hydrogens is 250 g/mol. The van der Waals surface area contributed by atoms with E-state index in [0.29, 0.717) is 0 Å². The molecule has 6 nitrogen and oxygen atoms in total. The number of nitrogen functional groups attached to an aromatic ring is 1. The topological polar surface area (TPSA) is 82.2 Å². The molecule has 0 fully saturated rings. The van der Waals surface area contributed by atoms with E-state index in [1.165, 1.54) is 17.7 Å². The fourth-order valence-corrected chi connectivity index (χ4v) is 2.75. The number of thiazole rings is 1. The Morgan fingerprint density at radius 3 is 3.22 bits per heavy atom. The van der Waals surface area contributed by atoms with Crippen LogP contribution in [0.25, 0.3) is 27.3 Å². The van der Waals surface area contributed by atoms with Crippen molar-refractivity contribution in [3.05, 3.63) is 30.0 Å². The second-order valence-electron chi connectivity index (χ2n) is 3.82. The first-order chi connectivity index (χ1) is 8.81. The Bertz CT molecular complexity index is 859. The van der Waals surface area contributed by atoms with Crippen LogP contribution >= 0.6 is 11.3 Å². The number of aromatic nitrogens is 4.